The molecule has 7 nitrogen and oxygen atoms in total. The van der Waals surface area contributed by atoms with Gasteiger partial charge in [0.2, 0.25) is 0 Å². The number of nitrogens with zero attached hydrogens (tertiary/aromatic N) is 4. The molecule has 0 saturated heterocycles. The molecule has 0 aliphatic rings. The van der Waals surface area contributed by atoms with Crippen LogP contribution < -0.4 is 5.32 Å². The SMILES string of the molecule is CCCC[C@H](Nc1cncc2nncn12)C(=O)O. The molecule has 0 bridgehead atoms. The van der Waals surface area contributed by atoms with Crippen molar-refractivity contribution < 1.29 is 9.90 Å². The average Bonchev–Trinajstić information content (AvgIpc) is 2.83. The van der Waals surface area contributed by atoms with E-state index in [1.54, 1.807) is 16.8 Å². The predicted octanol–water partition coefficient (Wildman–Crippen LogP) is 1.18. The van der Waals surface area contributed by atoms with Crippen molar-refractivity contribution in [3.63, 3.8) is 0 Å². The molecule has 96 valence electrons. The molecule has 0 radical (unpaired) electrons. The highest BCUT2D eigenvalue weighted by Crippen LogP contribution is 2.12. The third-order valence-corrected chi connectivity index (χ3v) is 2.69. The molecule has 0 unspecified atom stereocenters. The number of hydrogen-bond donors (Lipinski definition) is 2. The second-order valence-corrected chi connectivity index (χ2v) is 4.03. The summed E-state index contributed by atoms with van der Waals surface area (Å²) in [6, 6.07) is -0.625. The van der Waals surface area contributed by atoms with Gasteiger partial charge >= 0.3 is 5.97 Å². The van der Waals surface area contributed by atoms with Crippen molar-refractivity contribution >= 4 is 17.4 Å². The van der Waals surface area contributed by atoms with Gasteiger partial charge in [-0.2, -0.15) is 0 Å². The Bertz CT molecular complexity index is 539. The number of carboxylic acid groups (broad SMARTS) is 1. The lowest BCUT2D eigenvalue weighted by atomic mass is 10.1. The van der Waals surface area contributed by atoms with Gasteiger partial charge < -0.3 is 10.4 Å². The van der Waals surface area contributed by atoms with Gasteiger partial charge in [0.05, 0.1) is 12.4 Å². The van der Waals surface area contributed by atoms with E-state index >= 15 is 0 Å². The molecule has 0 spiro atoms. The van der Waals surface area contributed by atoms with E-state index in [1.165, 1.54) is 6.33 Å². The standard InChI is InChI=1S/C11H15N5O2/c1-2-3-4-8(11(17)18)14-9-5-12-6-10-15-13-7-16(9)10/h5-8,14H,2-4H2,1H3,(H,17,18)/t8-/m0/s1. The highest BCUT2D eigenvalue weighted by atomic mass is 16.4. The molecule has 1 atom stereocenters. The first-order valence-corrected chi connectivity index (χ1v) is 5.85. The van der Waals surface area contributed by atoms with Crippen molar-refractivity contribution in [1.29, 1.82) is 0 Å². The molecule has 0 fully saturated rings. The summed E-state index contributed by atoms with van der Waals surface area (Å²) in [5.74, 6) is -0.283. The van der Waals surface area contributed by atoms with E-state index in [2.05, 4.69) is 20.5 Å². The second kappa shape index (κ2) is 5.44. The number of unbranched alkanes of at least 4 members (excludes halogenated alkanes) is 1. The van der Waals surface area contributed by atoms with E-state index in [1.807, 2.05) is 6.92 Å². The molecule has 7 heteroatoms. The van der Waals surface area contributed by atoms with E-state index in [0.29, 0.717) is 17.9 Å². The molecule has 0 aliphatic heterocycles. The minimum Gasteiger partial charge on any atom is -0.480 e. The van der Waals surface area contributed by atoms with Gasteiger partial charge in [-0.1, -0.05) is 19.8 Å². The fourth-order valence-electron chi connectivity index (χ4n) is 1.71. The largest absolute Gasteiger partial charge is 0.480 e. The van der Waals surface area contributed by atoms with Crippen molar-refractivity contribution in [3.05, 3.63) is 18.7 Å². The van der Waals surface area contributed by atoms with E-state index in [-0.39, 0.29) is 0 Å². The van der Waals surface area contributed by atoms with E-state index in [9.17, 15) is 4.79 Å². The predicted molar refractivity (Wildman–Crippen MR) is 65.4 cm³/mol. The van der Waals surface area contributed by atoms with Crippen LogP contribution in [0.15, 0.2) is 18.7 Å². The Morgan fingerprint density at radius 3 is 3.11 bits per heavy atom. The lowest BCUT2D eigenvalue weighted by Crippen LogP contribution is -2.30. The molecule has 0 amide bonds. The van der Waals surface area contributed by atoms with Crippen molar-refractivity contribution in [1.82, 2.24) is 19.6 Å². The minimum absolute atomic E-state index is 0.574. The normalized spacial score (nSPS) is 12.5. The first-order chi connectivity index (χ1) is 8.72. The molecular formula is C11H15N5O2. The Morgan fingerprint density at radius 2 is 2.39 bits per heavy atom. The van der Waals surface area contributed by atoms with Crippen molar-refractivity contribution in [3.8, 4) is 0 Å². The Hall–Kier alpha value is -2.18. The summed E-state index contributed by atoms with van der Waals surface area (Å²) in [7, 11) is 0. The summed E-state index contributed by atoms with van der Waals surface area (Å²) in [5.41, 5.74) is 0.583. The smallest absolute Gasteiger partial charge is 0.326 e. The van der Waals surface area contributed by atoms with Gasteiger partial charge in [0.1, 0.15) is 18.2 Å². The monoisotopic (exact) mass is 249 g/mol. The van der Waals surface area contributed by atoms with Crippen molar-refractivity contribution in [2.24, 2.45) is 0 Å². The maximum atomic E-state index is 11.2. The minimum atomic E-state index is -0.867. The molecule has 2 rings (SSSR count). The lowest BCUT2D eigenvalue weighted by molar-refractivity contribution is -0.138. The zero-order chi connectivity index (χ0) is 13.0. The maximum Gasteiger partial charge on any atom is 0.326 e. The van der Waals surface area contributed by atoms with Gasteiger partial charge in [0, 0.05) is 0 Å². The molecule has 0 aliphatic carbocycles. The number of carbonyl (C=O) groups is 1. The molecule has 18 heavy (non-hydrogen) atoms. The first-order valence-electron chi connectivity index (χ1n) is 5.85. The fourth-order valence-corrected chi connectivity index (χ4v) is 1.71. The number of anilines is 1. The molecule has 2 heterocycles. The average molecular weight is 249 g/mol. The van der Waals surface area contributed by atoms with Crippen LogP contribution in [-0.4, -0.2) is 36.7 Å². The lowest BCUT2D eigenvalue weighted by Gasteiger charge is -2.15. The van der Waals surface area contributed by atoms with Gasteiger partial charge in [-0.15, -0.1) is 10.2 Å². The van der Waals surface area contributed by atoms with Gasteiger partial charge in [-0.3, -0.25) is 9.38 Å². The Balaban J connectivity index is 2.20. The molecule has 0 aromatic carbocycles. The maximum absolute atomic E-state index is 11.2. The summed E-state index contributed by atoms with van der Waals surface area (Å²) in [4.78, 5) is 15.2. The third kappa shape index (κ3) is 2.55. The summed E-state index contributed by atoms with van der Waals surface area (Å²) in [6.07, 6.45) is 7.05. The number of carboxylic acids is 1. The number of nitrogens with one attached hydrogen (secondary N) is 1. The van der Waals surface area contributed by atoms with Crippen molar-refractivity contribution in [2.45, 2.75) is 32.2 Å². The van der Waals surface area contributed by atoms with E-state index < -0.39 is 12.0 Å². The van der Waals surface area contributed by atoms with E-state index in [0.717, 1.165) is 12.8 Å². The number of aliphatic carboxylic acids is 1. The summed E-state index contributed by atoms with van der Waals surface area (Å²) in [6.45, 7) is 2.03. The first kappa shape index (κ1) is 12.3. The Labute approximate surface area is 104 Å². The molecular weight excluding hydrogens is 234 g/mol. The quantitative estimate of drug-likeness (QED) is 0.798. The summed E-state index contributed by atoms with van der Waals surface area (Å²) >= 11 is 0. The van der Waals surface area contributed by atoms with Gasteiger partial charge in [-0.25, -0.2) is 4.79 Å². The third-order valence-electron chi connectivity index (χ3n) is 2.69. The summed E-state index contributed by atoms with van der Waals surface area (Å²) < 4.78 is 1.68. The van der Waals surface area contributed by atoms with Crippen LogP contribution in [0.4, 0.5) is 5.82 Å². The molecule has 2 aromatic rings. The van der Waals surface area contributed by atoms with Crippen LogP contribution in [0.25, 0.3) is 5.65 Å². The zero-order valence-corrected chi connectivity index (χ0v) is 10.1. The highest BCUT2D eigenvalue weighted by Gasteiger charge is 2.17. The van der Waals surface area contributed by atoms with Crippen LogP contribution in [0, 0.1) is 0 Å². The molecule has 2 N–H and O–H groups in total. The van der Waals surface area contributed by atoms with Gasteiger partial charge in [0.25, 0.3) is 0 Å². The van der Waals surface area contributed by atoms with Crippen LogP contribution in [0.1, 0.15) is 26.2 Å². The van der Waals surface area contributed by atoms with Gasteiger partial charge in [0.15, 0.2) is 5.65 Å². The fraction of sp³-hybridized carbons (Fsp3) is 0.455. The number of fused-ring (bicyclic) bond motifs is 1. The van der Waals surface area contributed by atoms with Crippen LogP contribution >= 0.6 is 0 Å². The van der Waals surface area contributed by atoms with E-state index in [4.69, 9.17) is 5.11 Å². The molecule has 0 saturated carbocycles. The topological polar surface area (TPSA) is 92.4 Å². The number of hydrogen-bond acceptors (Lipinski definition) is 5. The van der Waals surface area contributed by atoms with Gasteiger partial charge in [-0.05, 0) is 6.42 Å². The zero-order valence-electron chi connectivity index (χ0n) is 10.1. The molecule has 2 aromatic heterocycles. The van der Waals surface area contributed by atoms with Crippen LogP contribution in [0.5, 0.6) is 0 Å². The Morgan fingerprint density at radius 1 is 1.56 bits per heavy atom. The second-order valence-electron chi connectivity index (χ2n) is 4.03. The van der Waals surface area contributed by atoms with Crippen LogP contribution in [0.2, 0.25) is 0 Å². The summed E-state index contributed by atoms with van der Waals surface area (Å²) in [5, 5.41) is 19.7. The van der Waals surface area contributed by atoms with Crippen LogP contribution in [0.3, 0.4) is 0 Å². The van der Waals surface area contributed by atoms with Crippen molar-refractivity contribution in [2.75, 3.05) is 5.32 Å². The number of aromatic nitrogens is 4. The highest BCUT2D eigenvalue weighted by molar-refractivity contribution is 5.76. The Kier molecular flexibility index (Phi) is 3.71. The van der Waals surface area contributed by atoms with Crippen LogP contribution in [-0.2, 0) is 4.79 Å². The number of rotatable bonds is 6.